The summed E-state index contributed by atoms with van der Waals surface area (Å²) in [7, 11) is 0. The number of carbonyl (C=O) groups excluding carboxylic acids is 1. The minimum atomic E-state index is -0.466. The summed E-state index contributed by atoms with van der Waals surface area (Å²) in [6.07, 6.45) is 0.120. The smallest absolute Gasteiger partial charge is 0.340 e. The van der Waals surface area contributed by atoms with Gasteiger partial charge >= 0.3 is 5.97 Å². The van der Waals surface area contributed by atoms with Gasteiger partial charge in [-0.15, -0.1) is 0 Å². The van der Waals surface area contributed by atoms with E-state index in [0.29, 0.717) is 22.9 Å². The molecule has 0 atom stereocenters. The highest BCUT2D eigenvalue weighted by Crippen LogP contribution is 2.18. The van der Waals surface area contributed by atoms with Crippen molar-refractivity contribution in [3.8, 4) is 0 Å². The predicted molar refractivity (Wildman–Crippen MR) is 67.2 cm³/mol. The molecule has 17 heavy (non-hydrogen) atoms. The molecular formula is C12H16ClNO3. The molecule has 0 saturated heterocycles. The standard InChI is InChI=1S/C12H16ClNO3/c1-8(2)16-5-6-17-12(15)10-4-3-9(13)7-11(10)14/h3-4,7-8H,5-6,14H2,1-2H3. The summed E-state index contributed by atoms with van der Waals surface area (Å²) in [6.45, 7) is 4.41. The molecule has 0 aromatic heterocycles. The largest absolute Gasteiger partial charge is 0.460 e. The molecule has 5 heteroatoms. The SMILES string of the molecule is CC(C)OCCOC(=O)c1ccc(Cl)cc1N. The average molecular weight is 258 g/mol. The summed E-state index contributed by atoms with van der Waals surface area (Å²) in [5.41, 5.74) is 6.29. The number of esters is 1. The highest BCUT2D eigenvalue weighted by Gasteiger charge is 2.11. The second kappa shape index (κ2) is 6.47. The lowest BCUT2D eigenvalue weighted by Crippen LogP contribution is -2.14. The molecule has 0 amide bonds. The fourth-order valence-electron chi connectivity index (χ4n) is 1.22. The maximum Gasteiger partial charge on any atom is 0.340 e. The molecule has 0 aliphatic heterocycles. The molecule has 2 N–H and O–H groups in total. The van der Waals surface area contributed by atoms with Gasteiger partial charge in [-0.05, 0) is 32.0 Å². The zero-order valence-electron chi connectivity index (χ0n) is 9.90. The first-order valence-corrected chi connectivity index (χ1v) is 5.72. The molecule has 4 nitrogen and oxygen atoms in total. The first-order chi connectivity index (χ1) is 8.00. The molecule has 0 saturated carbocycles. The highest BCUT2D eigenvalue weighted by molar-refractivity contribution is 6.31. The van der Waals surface area contributed by atoms with Crippen LogP contribution < -0.4 is 5.73 Å². The van der Waals surface area contributed by atoms with Gasteiger partial charge < -0.3 is 15.2 Å². The minimum absolute atomic E-state index is 0.120. The Morgan fingerprint density at radius 1 is 1.41 bits per heavy atom. The van der Waals surface area contributed by atoms with Crippen LogP contribution in [-0.4, -0.2) is 25.3 Å². The predicted octanol–water partition coefficient (Wildman–Crippen LogP) is 2.50. The quantitative estimate of drug-likeness (QED) is 0.500. The Bertz CT molecular complexity index is 393. The number of carbonyl (C=O) groups is 1. The summed E-state index contributed by atoms with van der Waals surface area (Å²) in [6, 6.07) is 4.66. The number of ether oxygens (including phenoxy) is 2. The van der Waals surface area contributed by atoms with E-state index >= 15 is 0 Å². The molecule has 0 bridgehead atoms. The first kappa shape index (κ1) is 13.8. The third-order valence-corrected chi connectivity index (χ3v) is 2.24. The van der Waals surface area contributed by atoms with Crippen LogP contribution >= 0.6 is 11.6 Å². The monoisotopic (exact) mass is 257 g/mol. The normalized spacial score (nSPS) is 10.6. The van der Waals surface area contributed by atoms with E-state index in [2.05, 4.69) is 0 Å². The highest BCUT2D eigenvalue weighted by atomic mass is 35.5. The summed E-state index contributed by atoms with van der Waals surface area (Å²) in [5.74, 6) is -0.466. The Morgan fingerprint density at radius 2 is 2.12 bits per heavy atom. The van der Waals surface area contributed by atoms with E-state index in [0.717, 1.165) is 0 Å². The fourth-order valence-corrected chi connectivity index (χ4v) is 1.40. The van der Waals surface area contributed by atoms with Crippen LogP contribution in [0.3, 0.4) is 0 Å². The van der Waals surface area contributed by atoms with Crippen LogP contribution in [0.25, 0.3) is 0 Å². The Balaban J connectivity index is 2.47. The summed E-state index contributed by atoms with van der Waals surface area (Å²) < 4.78 is 10.3. The van der Waals surface area contributed by atoms with Gasteiger partial charge in [0.15, 0.2) is 0 Å². The van der Waals surface area contributed by atoms with Crippen molar-refractivity contribution in [3.63, 3.8) is 0 Å². The van der Waals surface area contributed by atoms with Gasteiger partial charge in [0.1, 0.15) is 6.61 Å². The average Bonchev–Trinajstić information content (AvgIpc) is 2.23. The summed E-state index contributed by atoms with van der Waals surface area (Å²) in [5, 5.41) is 0.488. The Labute approximate surface area is 106 Å². The third-order valence-electron chi connectivity index (χ3n) is 2.00. The molecular weight excluding hydrogens is 242 g/mol. The number of rotatable bonds is 5. The van der Waals surface area contributed by atoms with Crippen molar-refractivity contribution in [3.05, 3.63) is 28.8 Å². The number of nitrogen functional groups attached to an aromatic ring is 1. The molecule has 1 aromatic rings. The van der Waals surface area contributed by atoms with Gasteiger partial charge in [-0.1, -0.05) is 11.6 Å². The lowest BCUT2D eigenvalue weighted by molar-refractivity contribution is 0.0177. The van der Waals surface area contributed by atoms with Gasteiger partial charge in [-0.2, -0.15) is 0 Å². The number of nitrogens with two attached hydrogens (primary N) is 1. The maximum atomic E-state index is 11.6. The van der Waals surface area contributed by atoms with E-state index in [-0.39, 0.29) is 12.7 Å². The zero-order chi connectivity index (χ0) is 12.8. The van der Waals surface area contributed by atoms with Gasteiger partial charge in [-0.3, -0.25) is 0 Å². The Morgan fingerprint density at radius 3 is 2.71 bits per heavy atom. The van der Waals surface area contributed by atoms with Gasteiger partial charge in [-0.25, -0.2) is 4.79 Å². The van der Waals surface area contributed by atoms with Gasteiger partial charge in [0.25, 0.3) is 0 Å². The van der Waals surface area contributed by atoms with E-state index in [9.17, 15) is 4.79 Å². The van der Waals surface area contributed by atoms with Crippen LogP contribution in [0.15, 0.2) is 18.2 Å². The summed E-state index contributed by atoms with van der Waals surface area (Å²) >= 11 is 5.73. The third kappa shape index (κ3) is 4.63. The number of hydrogen-bond donors (Lipinski definition) is 1. The van der Waals surface area contributed by atoms with E-state index in [1.54, 1.807) is 12.1 Å². The van der Waals surface area contributed by atoms with Crippen molar-refractivity contribution in [1.82, 2.24) is 0 Å². The van der Waals surface area contributed by atoms with Crippen LogP contribution in [0, 0.1) is 0 Å². The Kier molecular flexibility index (Phi) is 5.25. The van der Waals surface area contributed by atoms with E-state index in [1.165, 1.54) is 6.07 Å². The second-order valence-corrected chi connectivity index (χ2v) is 4.22. The van der Waals surface area contributed by atoms with E-state index in [1.807, 2.05) is 13.8 Å². The zero-order valence-corrected chi connectivity index (χ0v) is 10.7. The Hall–Kier alpha value is -1.26. The minimum Gasteiger partial charge on any atom is -0.460 e. The van der Waals surface area contributed by atoms with Gasteiger partial charge in [0.05, 0.1) is 18.3 Å². The molecule has 0 heterocycles. The molecule has 0 radical (unpaired) electrons. The molecule has 0 aliphatic carbocycles. The lowest BCUT2D eigenvalue weighted by Gasteiger charge is -2.09. The van der Waals surface area contributed by atoms with Crippen LogP contribution in [-0.2, 0) is 9.47 Å². The van der Waals surface area contributed by atoms with Crippen molar-refractivity contribution in [2.45, 2.75) is 20.0 Å². The fraction of sp³-hybridized carbons (Fsp3) is 0.417. The van der Waals surface area contributed by atoms with Gasteiger partial charge in [0, 0.05) is 10.7 Å². The van der Waals surface area contributed by atoms with Crippen molar-refractivity contribution in [2.24, 2.45) is 0 Å². The number of benzene rings is 1. The number of halogens is 1. The second-order valence-electron chi connectivity index (χ2n) is 3.79. The summed E-state index contributed by atoms with van der Waals surface area (Å²) in [4.78, 5) is 11.6. The van der Waals surface area contributed by atoms with Crippen molar-refractivity contribution in [1.29, 1.82) is 0 Å². The van der Waals surface area contributed by atoms with Crippen LogP contribution in [0.5, 0.6) is 0 Å². The van der Waals surface area contributed by atoms with Crippen LogP contribution in [0.4, 0.5) is 5.69 Å². The molecule has 0 aliphatic rings. The number of anilines is 1. The molecule has 94 valence electrons. The topological polar surface area (TPSA) is 61.5 Å². The lowest BCUT2D eigenvalue weighted by atomic mass is 10.2. The van der Waals surface area contributed by atoms with E-state index < -0.39 is 5.97 Å². The van der Waals surface area contributed by atoms with Crippen molar-refractivity contribution < 1.29 is 14.3 Å². The molecule has 0 unspecified atom stereocenters. The molecule has 0 spiro atoms. The van der Waals surface area contributed by atoms with Crippen molar-refractivity contribution >= 4 is 23.3 Å². The first-order valence-electron chi connectivity index (χ1n) is 5.34. The molecule has 1 rings (SSSR count). The number of hydrogen-bond acceptors (Lipinski definition) is 4. The van der Waals surface area contributed by atoms with Crippen molar-refractivity contribution in [2.75, 3.05) is 18.9 Å². The van der Waals surface area contributed by atoms with E-state index in [4.69, 9.17) is 26.8 Å². The van der Waals surface area contributed by atoms with Crippen LogP contribution in [0.1, 0.15) is 24.2 Å². The maximum absolute atomic E-state index is 11.6. The molecule has 1 aromatic carbocycles. The van der Waals surface area contributed by atoms with Gasteiger partial charge in [0.2, 0.25) is 0 Å². The molecule has 0 fully saturated rings. The van der Waals surface area contributed by atoms with Crippen LogP contribution in [0.2, 0.25) is 5.02 Å².